The number of furan rings is 1. The fourth-order valence-corrected chi connectivity index (χ4v) is 7.56. The maximum absolute atomic E-state index is 8.70. The molecule has 0 unspecified atom stereocenters. The van der Waals surface area contributed by atoms with Gasteiger partial charge >= 0.3 is 0 Å². The van der Waals surface area contributed by atoms with Crippen molar-refractivity contribution in [3.05, 3.63) is 174 Å². The SMILES string of the molecule is CC(C)c1cc(-c2ccccc2)cc(C(C)C)c1-n1c(-c2[c-]cccc2)nc2ccccc21.[2H]C([2H])([2H])c1cnc(-c2[c-]ccc3c2oc2ccccc23)cc1C([2H])([2H])C(C)(C)C.[Ir]. The molecule has 0 aliphatic carbocycles. The van der Waals surface area contributed by atoms with Gasteiger partial charge in [0.25, 0.3) is 0 Å². The Morgan fingerprint density at radius 3 is 2.14 bits per heavy atom. The van der Waals surface area contributed by atoms with E-state index in [4.69, 9.17) is 16.3 Å². The summed E-state index contributed by atoms with van der Waals surface area (Å²) in [6.07, 6.45) is -0.632. The van der Waals surface area contributed by atoms with Crippen LogP contribution >= 0.6 is 0 Å². The Morgan fingerprint density at radius 1 is 0.746 bits per heavy atom. The van der Waals surface area contributed by atoms with Crippen LogP contribution in [0.5, 0.6) is 0 Å². The molecule has 0 aliphatic heterocycles. The second-order valence-electron chi connectivity index (χ2n) is 16.4. The van der Waals surface area contributed by atoms with E-state index in [1.54, 1.807) is 26.8 Å². The van der Waals surface area contributed by atoms with Gasteiger partial charge in [0.05, 0.1) is 22.4 Å². The van der Waals surface area contributed by atoms with Gasteiger partial charge in [0.15, 0.2) is 0 Å². The summed E-state index contributed by atoms with van der Waals surface area (Å²) in [5.41, 5.74) is 11.1. The fourth-order valence-electron chi connectivity index (χ4n) is 7.56. The van der Waals surface area contributed by atoms with Crippen LogP contribution in [-0.4, -0.2) is 14.5 Å². The quantitative estimate of drug-likeness (QED) is 0.150. The first kappa shape index (κ1) is 35.3. The van der Waals surface area contributed by atoms with Crippen LogP contribution in [0.2, 0.25) is 0 Å². The van der Waals surface area contributed by atoms with E-state index in [0.29, 0.717) is 28.7 Å². The summed E-state index contributed by atoms with van der Waals surface area (Å²) in [5.74, 6) is 1.65. The number of hydrogen-bond donors (Lipinski definition) is 0. The molecule has 299 valence electrons. The second kappa shape index (κ2) is 17.3. The number of fused-ring (bicyclic) bond motifs is 4. The van der Waals surface area contributed by atoms with Crippen molar-refractivity contribution in [1.82, 2.24) is 14.5 Å². The molecule has 59 heavy (non-hydrogen) atoms. The normalized spacial score (nSPS) is 13.3. The smallest absolute Gasteiger partial charge is 0.120 e. The van der Waals surface area contributed by atoms with Gasteiger partial charge in [-0.3, -0.25) is 4.98 Å². The van der Waals surface area contributed by atoms with Crippen LogP contribution in [0.15, 0.2) is 144 Å². The van der Waals surface area contributed by atoms with E-state index in [2.05, 4.69) is 128 Å². The molecule has 9 aromatic rings. The summed E-state index contributed by atoms with van der Waals surface area (Å²) in [6, 6.07) is 51.4. The molecule has 4 nitrogen and oxygen atoms in total. The number of hydrogen-bond acceptors (Lipinski definition) is 3. The number of aromatic nitrogens is 3. The predicted molar refractivity (Wildman–Crippen MR) is 243 cm³/mol. The average Bonchev–Trinajstić information content (AvgIpc) is 3.85. The van der Waals surface area contributed by atoms with Crippen molar-refractivity contribution in [1.29, 1.82) is 0 Å². The van der Waals surface area contributed by atoms with E-state index in [1.807, 2.05) is 42.5 Å². The molecule has 0 aliphatic rings. The average molecular weight is 955 g/mol. The van der Waals surface area contributed by atoms with Crippen molar-refractivity contribution in [3.63, 3.8) is 0 Å². The van der Waals surface area contributed by atoms with E-state index in [0.717, 1.165) is 38.8 Å². The van der Waals surface area contributed by atoms with E-state index in [9.17, 15) is 0 Å². The Bertz CT molecular complexity index is 3040. The summed E-state index contributed by atoms with van der Waals surface area (Å²) in [5, 5.41) is 1.87. The summed E-state index contributed by atoms with van der Waals surface area (Å²) in [7, 11) is 0. The number of nitrogens with zero attached hydrogens (tertiary/aromatic N) is 3. The third-order valence-corrected chi connectivity index (χ3v) is 10.3. The third kappa shape index (κ3) is 8.60. The van der Waals surface area contributed by atoms with Gasteiger partial charge in [-0.15, -0.1) is 54.1 Å². The fraction of sp³-hybridized carbons (Fsp3) is 0.222. The first-order chi connectivity index (χ1) is 30.0. The molecule has 0 saturated heterocycles. The maximum Gasteiger partial charge on any atom is 0.120 e. The molecule has 0 bridgehead atoms. The number of pyridine rings is 1. The van der Waals surface area contributed by atoms with Crippen LogP contribution in [0.1, 0.15) is 89.4 Å². The number of imidazole rings is 1. The Kier molecular flexibility index (Phi) is 10.4. The van der Waals surface area contributed by atoms with Crippen molar-refractivity contribution < 1.29 is 31.4 Å². The minimum Gasteiger partial charge on any atom is -0.501 e. The van der Waals surface area contributed by atoms with Crippen LogP contribution in [-0.2, 0) is 26.5 Å². The standard InChI is InChI=1S/C31H29N2.C23H22NO.Ir/c1-21(2)26-19-25(23-13-7-5-8-14-23)20-27(22(3)4)30(26)33-29-18-12-11-17-28(29)32-31(33)24-15-9-6-10-16-24;1-15-14-24-20(12-16(15)13-23(2,3)4)19-10-7-9-18-17-8-5-6-11-21(17)25-22(18)19;/h5-15,17-22H,1-4H3;5-9,11-12,14H,13H2,1-4H3;/q2*-1;/i;1D3,13D2;. The van der Waals surface area contributed by atoms with E-state index < -0.39 is 18.6 Å². The van der Waals surface area contributed by atoms with Crippen molar-refractivity contribution in [3.8, 4) is 39.5 Å². The minimum atomic E-state index is -2.48. The van der Waals surface area contributed by atoms with E-state index >= 15 is 0 Å². The molecule has 9 rings (SSSR count). The predicted octanol–water partition coefficient (Wildman–Crippen LogP) is 14.7. The number of para-hydroxylation sites is 3. The van der Waals surface area contributed by atoms with Gasteiger partial charge in [-0.25, -0.2) is 0 Å². The largest absolute Gasteiger partial charge is 0.501 e. The van der Waals surface area contributed by atoms with Crippen molar-refractivity contribution >= 4 is 33.0 Å². The number of aryl methyl sites for hydroxylation is 1. The molecule has 0 N–H and O–H groups in total. The topological polar surface area (TPSA) is 43.9 Å². The molecule has 0 spiro atoms. The Hall–Kier alpha value is -5.61. The summed E-state index contributed by atoms with van der Waals surface area (Å²) in [4.78, 5) is 9.45. The van der Waals surface area contributed by atoms with Crippen molar-refractivity contribution in [2.45, 2.75) is 73.5 Å². The third-order valence-electron chi connectivity index (χ3n) is 10.3. The molecule has 0 fully saturated rings. The molecule has 3 heterocycles. The van der Waals surface area contributed by atoms with Gasteiger partial charge in [-0.2, -0.15) is 0 Å². The molecule has 5 heteroatoms. The van der Waals surface area contributed by atoms with Crippen molar-refractivity contribution in [2.24, 2.45) is 5.41 Å². The molecule has 6 aromatic carbocycles. The zero-order valence-electron chi connectivity index (χ0n) is 39.5. The molecular weight excluding hydrogens is 899 g/mol. The Balaban J connectivity index is 0.000000189. The first-order valence-electron chi connectivity index (χ1n) is 22.5. The summed E-state index contributed by atoms with van der Waals surface area (Å²) < 4.78 is 49.5. The van der Waals surface area contributed by atoms with Crippen LogP contribution in [0.25, 0.3) is 72.4 Å². The monoisotopic (exact) mass is 955 g/mol. The summed E-state index contributed by atoms with van der Waals surface area (Å²) >= 11 is 0. The molecule has 0 saturated carbocycles. The molecule has 0 amide bonds. The van der Waals surface area contributed by atoms with Crippen LogP contribution < -0.4 is 0 Å². The minimum absolute atomic E-state index is 0. The van der Waals surface area contributed by atoms with Gasteiger partial charge in [0.1, 0.15) is 5.58 Å². The van der Waals surface area contributed by atoms with Crippen molar-refractivity contribution in [2.75, 3.05) is 0 Å². The molecule has 1 radical (unpaired) electrons. The van der Waals surface area contributed by atoms with Crippen LogP contribution in [0.3, 0.4) is 0 Å². The Morgan fingerprint density at radius 2 is 1.44 bits per heavy atom. The Labute approximate surface area is 369 Å². The van der Waals surface area contributed by atoms with E-state index in [1.165, 1.54) is 40.2 Å². The number of rotatable bonds is 7. The summed E-state index contributed by atoms with van der Waals surface area (Å²) in [6.45, 7) is 11.9. The zero-order valence-corrected chi connectivity index (χ0v) is 36.9. The van der Waals surface area contributed by atoms with Gasteiger partial charge in [0, 0.05) is 44.2 Å². The van der Waals surface area contributed by atoms with Gasteiger partial charge in [-0.1, -0.05) is 132 Å². The maximum atomic E-state index is 8.70. The second-order valence-corrected chi connectivity index (χ2v) is 16.4. The first-order valence-corrected chi connectivity index (χ1v) is 20.0. The van der Waals surface area contributed by atoms with Gasteiger partial charge < -0.3 is 14.0 Å². The van der Waals surface area contributed by atoms with Crippen LogP contribution in [0.4, 0.5) is 0 Å². The van der Waals surface area contributed by atoms with Gasteiger partial charge in [-0.05, 0) is 94.3 Å². The molecule has 0 atom stereocenters. The molecule has 3 aromatic heterocycles. The molecular formula is C54H51IrN3O-2. The van der Waals surface area contributed by atoms with Gasteiger partial charge in [0.2, 0.25) is 0 Å². The number of benzene rings is 6. The van der Waals surface area contributed by atoms with E-state index in [-0.39, 0.29) is 31.2 Å². The van der Waals surface area contributed by atoms with Crippen LogP contribution in [0, 0.1) is 24.4 Å². The zero-order chi connectivity index (χ0) is 44.8.